The lowest BCUT2D eigenvalue weighted by Gasteiger charge is -2.21. The number of methoxy groups -OCH3 is 1. The normalized spacial score (nSPS) is 12.5. The van der Waals surface area contributed by atoms with Gasteiger partial charge in [-0.05, 0) is 84.3 Å². The van der Waals surface area contributed by atoms with Crippen LogP contribution in [-0.4, -0.2) is 42.5 Å². The first kappa shape index (κ1) is 30.2. The van der Waals surface area contributed by atoms with Crippen LogP contribution in [0.15, 0.2) is 54.6 Å². The maximum Gasteiger partial charge on any atom is 0.338 e. The summed E-state index contributed by atoms with van der Waals surface area (Å²) in [4.78, 5) is 12.7. The van der Waals surface area contributed by atoms with Crippen molar-refractivity contribution in [1.29, 1.82) is 0 Å². The molecule has 6 nitrogen and oxygen atoms in total. The van der Waals surface area contributed by atoms with Crippen LogP contribution in [0.25, 0.3) is 11.1 Å². The van der Waals surface area contributed by atoms with Gasteiger partial charge in [0.15, 0.2) is 0 Å². The van der Waals surface area contributed by atoms with Crippen LogP contribution in [0.4, 0.5) is 0 Å². The molecule has 37 heavy (non-hydrogen) atoms. The Morgan fingerprint density at radius 1 is 1.00 bits per heavy atom. The van der Waals surface area contributed by atoms with Crippen molar-refractivity contribution in [1.82, 2.24) is 5.32 Å². The molecular weight excluding hydrogens is 490 g/mol. The monoisotopic (exact) mass is 527 g/mol. The minimum atomic E-state index is -0.695. The third-order valence-corrected chi connectivity index (χ3v) is 6.40. The maximum atomic E-state index is 12.7. The Balaban J connectivity index is 0.00000481. The number of benzene rings is 3. The predicted molar refractivity (Wildman–Crippen MR) is 150 cm³/mol. The van der Waals surface area contributed by atoms with E-state index in [1.54, 1.807) is 24.3 Å². The number of halogens is 1. The second-order valence-electron chi connectivity index (χ2n) is 9.48. The standard InChI is InChI=1S/C30H37NO5.ClH/c1-18(2)25-8-7-9-26(27(25)30(34)35-6)23-16-19(3)29(20(4)17-23)36-15-14-31-21(5)28(33)22-10-12-24(32)13-11-22;/h7-13,16-18,21,28,31-33H,14-15H2,1-6H3;1H/t21-,28-;/m0./s1. The summed E-state index contributed by atoms with van der Waals surface area (Å²) in [6.45, 7) is 11.0. The van der Waals surface area contributed by atoms with Gasteiger partial charge >= 0.3 is 5.97 Å². The lowest BCUT2D eigenvalue weighted by Crippen LogP contribution is -2.35. The third-order valence-electron chi connectivity index (χ3n) is 6.40. The number of rotatable bonds is 10. The van der Waals surface area contributed by atoms with Gasteiger partial charge in [0.25, 0.3) is 0 Å². The number of phenols is 1. The van der Waals surface area contributed by atoms with Crippen LogP contribution < -0.4 is 10.1 Å². The van der Waals surface area contributed by atoms with Crippen molar-refractivity contribution in [2.24, 2.45) is 0 Å². The van der Waals surface area contributed by atoms with E-state index < -0.39 is 6.10 Å². The van der Waals surface area contributed by atoms with Gasteiger partial charge in [-0.2, -0.15) is 0 Å². The fraction of sp³-hybridized carbons (Fsp3) is 0.367. The smallest absolute Gasteiger partial charge is 0.338 e. The van der Waals surface area contributed by atoms with Crippen molar-refractivity contribution in [2.45, 2.75) is 52.7 Å². The summed E-state index contributed by atoms with van der Waals surface area (Å²) in [6, 6.07) is 16.4. The van der Waals surface area contributed by atoms with Crippen LogP contribution in [0.3, 0.4) is 0 Å². The van der Waals surface area contributed by atoms with Crippen LogP contribution in [0.1, 0.15) is 65.4 Å². The van der Waals surface area contributed by atoms with Crippen molar-refractivity contribution in [2.75, 3.05) is 20.3 Å². The highest BCUT2D eigenvalue weighted by molar-refractivity contribution is 5.99. The Kier molecular flexibility index (Phi) is 11.0. The van der Waals surface area contributed by atoms with Gasteiger partial charge in [0.1, 0.15) is 18.1 Å². The minimum absolute atomic E-state index is 0. The van der Waals surface area contributed by atoms with Crippen molar-refractivity contribution < 1.29 is 24.5 Å². The molecule has 3 aromatic rings. The number of ether oxygens (including phenoxy) is 2. The second-order valence-corrected chi connectivity index (χ2v) is 9.48. The number of nitrogens with one attached hydrogen (secondary N) is 1. The van der Waals surface area contributed by atoms with Gasteiger partial charge in [-0.15, -0.1) is 12.4 Å². The number of phenolic OH excluding ortho intramolecular Hbond substituents is 1. The molecule has 7 heteroatoms. The molecule has 3 rings (SSSR count). The van der Waals surface area contributed by atoms with Gasteiger partial charge in [0.2, 0.25) is 0 Å². The summed E-state index contributed by atoms with van der Waals surface area (Å²) in [6.07, 6.45) is -0.695. The van der Waals surface area contributed by atoms with Gasteiger partial charge < -0.3 is 25.0 Å². The van der Waals surface area contributed by atoms with Crippen molar-refractivity contribution in [3.05, 3.63) is 82.4 Å². The average molecular weight is 528 g/mol. The van der Waals surface area contributed by atoms with Crippen LogP contribution >= 0.6 is 12.4 Å². The number of esters is 1. The first-order valence-corrected chi connectivity index (χ1v) is 12.3. The Morgan fingerprint density at radius 3 is 2.19 bits per heavy atom. The van der Waals surface area contributed by atoms with Crippen molar-refractivity contribution in [3.63, 3.8) is 0 Å². The quantitative estimate of drug-likeness (QED) is 0.218. The van der Waals surface area contributed by atoms with Crippen LogP contribution in [0.5, 0.6) is 11.5 Å². The molecule has 2 atom stereocenters. The van der Waals surface area contributed by atoms with E-state index in [1.807, 2.05) is 51.1 Å². The molecule has 0 aliphatic carbocycles. The number of aliphatic hydroxyl groups excluding tert-OH is 1. The summed E-state index contributed by atoms with van der Waals surface area (Å²) in [5.74, 6) is 0.837. The number of carbonyl (C=O) groups is 1. The zero-order valence-electron chi connectivity index (χ0n) is 22.4. The summed E-state index contributed by atoms with van der Waals surface area (Å²) in [7, 11) is 1.41. The molecule has 0 saturated heterocycles. The van der Waals surface area contributed by atoms with Gasteiger partial charge in [-0.3, -0.25) is 0 Å². The molecule has 0 spiro atoms. The third kappa shape index (κ3) is 7.25. The second kappa shape index (κ2) is 13.5. The largest absolute Gasteiger partial charge is 0.508 e. The number of aromatic hydroxyl groups is 1. The van der Waals surface area contributed by atoms with Crippen LogP contribution in [-0.2, 0) is 4.74 Å². The van der Waals surface area contributed by atoms with E-state index in [0.29, 0.717) is 18.7 Å². The molecular formula is C30H38ClNO5. The fourth-order valence-electron chi connectivity index (χ4n) is 4.47. The van der Waals surface area contributed by atoms with E-state index >= 15 is 0 Å². The van der Waals surface area contributed by atoms with E-state index in [2.05, 4.69) is 19.2 Å². The Hall–Kier alpha value is -3.06. The van der Waals surface area contributed by atoms with E-state index in [1.165, 1.54) is 7.11 Å². The predicted octanol–water partition coefficient (Wildman–Crippen LogP) is 6.10. The first-order chi connectivity index (χ1) is 17.1. The Morgan fingerprint density at radius 2 is 1.62 bits per heavy atom. The summed E-state index contributed by atoms with van der Waals surface area (Å²) < 4.78 is 11.2. The fourth-order valence-corrected chi connectivity index (χ4v) is 4.47. The lowest BCUT2D eigenvalue weighted by molar-refractivity contribution is 0.0600. The topological polar surface area (TPSA) is 88.0 Å². The number of aliphatic hydroxyl groups is 1. The first-order valence-electron chi connectivity index (χ1n) is 12.3. The molecule has 200 valence electrons. The van der Waals surface area contributed by atoms with Gasteiger partial charge in [-0.25, -0.2) is 4.79 Å². The number of hydrogen-bond acceptors (Lipinski definition) is 6. The number of hydrogen-bond donors (Lipinski definition) is 3. The van der Waals surface area contributed by atoms with Crippen molar-refractivity contribution in [3.8, 4) is 22.6 Å². The van der Waals surface area contributed by atoms with Crippen molar-refractivity contribution >= 4 is 18.4 Å². The molecule has 0 saturated carbocycles. The Bertz CT molecular complexity index is 1170. The molecule has 0 unspecified atom stereocenters. The number of carbonyl (C=O) groups excluding carboxylic acids is 1. The molecule has 0 fully saturated rings. The molecule has 0 amide bonds. The van der Waals surface area contributed by atoms with E-state index in [-0.39, 0.29) is 36.1 Å². The van der Waals surface area contributed by atoms with Crippen LogP contribution in [0.2, 0.25) is 0 Å². The zero-order valence-corrected chi connectivity index (χ0v) is 23.2. The molecule has 0 radical (unpaired) electrons. The highest BCUT2D eigenvalue weighted by Crippen LogP contribution is 2.35. The molecule has 0 bridgehead atoms. The lowest BCUT2D eigenvalue weighted by atomic mass is 9.89. The molecule has 3 aromatic carbocycles. The summed E-state index contributed by atoms with van der Waals surface area (Å²) in [5.41, 5.74) is 6.07. The molecule has 0 aliphatic rings. The van der Waals surface area contributed by atoms with Gasteiger partial charge in [0.05, 0.1) is 18.8 Å². The molecule has 0 aliphatic heterocycles. The maximum absolute atomic E-state index is 12.7. The van der Waals surface area contributed by atoms with E-state index in [4.69, 9.17) is 9.47 Å². The average Bonchev–Trinajstić information content (AvgIpc) is 2.86. The minimum Gasteiger partial charge on any atom is -0.508 e. The van der Waals surface area contributed by atoms with Gasteiger partial charge in [-0.1, -0.05) is 44.2 Å². The zero-order chi connectivity index (χ0) is 26.4. The molecule has 0 aromatic heterocycles. The van der Waals surface area contributed by atoms with E-state index in [9.17, 15) is 15.0 Å². The highest BCUT2D eigenvalue weighted by atomic mass is 35.5. The molecule has 3 N–H and O–H groups in total. The summed E-state index contributed by atoms with van der Waals surface area (Å²) in [5, 5.41) is 23.3. The Labute approximate surface area is 226 Å². The SMILES string of the molecule is COC(=O)c1c(-c2cc(C)c(OCCN[C@@H](C)[C@H](O)c3ccc(O)cc3)c(C)c2)cccc1C(C)C.Cl. The van der Waals surface area contributed by atoms with Gasteiger partial charge in [0, 0.05) is 12.6 Å². The van der Waals surface area contributed by atoms with E-state index in [0.717, 1.165) is 39.1 Å². The summed E-state index contributed by atoms with van der Waals surface area (Å²) >= 11 is 0. The molecule has 0 heterocycles. The highest BCUT2D eigenvalue weighted by Gasteiger charge is 2.21. The number of aryl methyl sites for hydroxylation is 2. The van der Waals surface area contributed by atoms with Crippen LogP contribution in [0, 0.1) is 13.8 Å².